The van der Waals surface area contributed by atoms with Crippen LogP contribution in [0.3, 0.4) is 0 Å². The third kappa shape index (κ3) is 7.89. The molecule has 0 saturated heterocycles. The molecule has 2 amide bonds. The molecule has 0 radical (unpaired) electrons. The van der Waals surface area contributed by atoms with Gasteiger partial charge in [-0.15, -0.1) is 0 Å². The van der Waals surface area contributed by atoms with Crippen molar-refractivity contribution in [2.24, 2.45) is 0 Å². The van der Waals surface area contributed by atoms with E-state index in [-0.39, 0.29) is 19.0 Å². The summed E-state index contributed by atoms with van der Waals surface area (Å²) in [5.74, 6) is -0.702. The molecule has 0 aliphatic rings. The van der Waals surface area contributed by atoms with Crippen molar-refractivity contribution in [1.29, 1.82) is 0 Å². The van der Waals surface area contributed by atoms with Crippen LogP contribution in [0.15, 0.2) is 48.5 Å². The van der Waals surface area contributed by atoms with Gasteiger partial charge in [-0.2, -0.15) is 0 Å². The number of carbonyl (C=O) groups is 2. The van der Waals surface area contributed by atoms with Gasteiger partial charge in [0, 0.05) is 13.1 Å². The second-order valence-electron chi connectivity index (χ2n) is 8.44. The Morgan fingerprint density at radius 3 is 2.18 bits per heavy atom. The largest absolute Gasteiger partial charge is 0.354 e. The van der Waals surface area contributed by atoms with Gasteiger partial charge in [-0.1, -0.05) is 49.7 Å². The van der Waals surface area contributed by atoms with Gasteiger partial charge in [0.25, 0.3) is 0 Å². The van der Waals surface area contributed by atoms with Crippen molar-refractivity contribution in [3.8, 4) is 0 Å². The normalized spacial score (nSPS) is 12.2. The molecular formula is C25H35N3O4S. The average Bonchev–Trinajstić information content (AvgIpc) is 2.74. The van der Waals surface area contributed by atoms with Gasteiger partial charge in [0.15, 0.2) is 0 Å². The van der Waals surface area contributed by atoms with Crippen molar-refractivity contribution in [3.63, 3.8) is 0 Å². The number of unbranched alkanes of at least 4 members (excludes halogenated alkanes) is 1. The lowest BCUT2D eigenvalue weighted by Gasteiger charge is -2.31. The van der Waals surface area contributed by atoms with Crippen LogP contribution in [0.1, 0.15) is 43.4 Å². The topological polar surface area (TPSA) is 86.8 Å². The summed E-state index contributed by atoms with van der Waals surface area (Å²) < 4.78 is 26.4. The second-order valence-corrected chi connectivity index (χ2v) is 10.4. The van der Waals surface area contributed by atoms with Crippen LogP contribution in [0.4, 0.5) is 5.69 Å². The van der Waals surface area contributed by atoms with E-state index in [1.807, 2.05) is 57.2 Å². The number of hydrogen-bond donors (Lipinski definition) is 1. The molecule has 0 fully saturated rings. The van der Waals surface area contributed by atoms with Crippen LogP contribution in [-0.4, -0.2) is 50.5 Å². The van der Waals surface area contributed by atoms with Crippen molar-refractivity contribution < 1.29 is 18.0 Å². The van der Waals surface area contributed by atoms with Crippen LogP contribution in [0.2, 0.25) is 0 Å². The van der Waals surface area contributed by atoms with E-state index in [0.717, 1.165) is 40.1 Å². The Hall–Kier alpha value is -2.87. The van der Waals surface area contributed by atoms with Crippen LogP contribution in [0.5, 0.6) is 0 Å². The predicted molar refractivity (Wildman–Crippen MR) is 132 cm³/mol. The predicted octanol–water partition coefficient (Wildman–Crippen LogP) is 3.40. The highest BCUT2D eigenvalue weighted by molar-refractivity contribution is 7.92. The van der Waals surface area contributed by atoms with Crippen molar-refractivity contribution in [2.45, 2.75) is 53.1 Å². The quantitative estimate of drug-likeness (QED) is 0.507. The van der Waals surface area contributed by atoms with Crippen molar-refractivity contribution >= 4 is 27.5 Å². The van der Waals surface area contributed by atoms with E-state index in [1.165, 1.54) is 4.90 Å². The molecule has 0 heterocycles. The Bertz CT molecular complexity index is 1030. The first-order chi connectivity index (χ1) is 15.5. The lowest BCUT2D eigenvalue weighted by molar-refractivity contribution is -0.139. The summed E-state index contributed by atoms with van der Waals surface area (Å²) in [6.07, 6.45) is 2.88. The molecule has 0 aromatic heterocycles. The maximum absolute atomic E-state index is 13.5. The summed E-state index contributed by atoms with van der Waals surface area (Å²) in [5.41, 5.74) is 3.09. The molecule has 0 aliphatic carbocycles. The molecule has 0 bridgehead atoms. The molecule has 0 spiro atoms. The maximum Gasteiger partial charge on any atom is 0.244 e. The first-order valence-corrected chi connectivity index (χ1v) is 13.0. The Kier molecular flexibility index (Phi) is 9.46. The number of anilines is 1. The lowest BCUT2D eigenvalue weighted by Crippen LogP contribution is -2.51. The number of amides is 2. The number of nitrogens with zero attached hydrogens (tertiary/aromatic N) is 2. The standard InChI is InChI=1S/C25H35N3O4S/c1-6-7-13-26-25(30)21(4)27(17-22-11-9-8-10-12-22)24(29)18-28(33(5,31)32)23-15-19(2)14-20(3)16-23/h8-12,14-16,21H,6-7,13,17-18H2,1-5H3,(H,26,30)/t21-/m1/s1. The van der Waals surface area contributed by atoms with Crippen molar-refractivity contribution in [3.05, 3.63) is 65.2 Å². The zero-order chi connectivity index (χ0) is 24.6. The number of aryl methyl sites for hydroxylation is 2. The van der Waals surface area contributed by atoms with Crippen LogP contribution < -0.4 is 9.62 Å². The van der Waals surface area contributed by atoms with E-state index in [9.17, 15) is 18.0 Å². The van der Waals surface area contributed by atoms with Crippen LogP contribution in [-0.2, 0) is 26.2 Å². The highest BCUT2D eigenvalue weighted by Crippen LogP contribution is 2.22. The van der Waals surface area contributed by atoms with Crippen LogP contribution >= 0.6 is 0 Å². The molecule has 2 rings (SSSR count). The van der Waals surface area contributed by atoms with Crippen molar-refractivity contribution in [1.82, 2.24) is 10.2 Å². The average molecular weight is 474 g/mol. The summed E-state index contributed by atoms with van der Waals surface area (Å²) in [4.78, 5) is 27.7. The smallest absolute Gasteiger partial charge is 0.244 e. The van der Waals surface area contributed by atoms with E-state index in [1.54, 1.807) is 19.1 Å². The van der Waals surface area contributed by atoms with Gasteiger partial charge in [-0.3, -0.25) is 13.9 Å². The number of rotatable bonds is 11. The number of benzene rings is 2. The summed E-state index contributed by atoms with van der Waals surface area (Å²) in [6, 6.07) is 14.0. The fourth-order valence-electron chi connectivity index (χ4n) is 3.61. The Morgan fingerprint density at radius 1 is 1.03 bits per heavy atom. The maximum atomic E-state index is 13.5. The van der Waals surface area contributed by atoms with Crippen molar-refractivity contribution in [2.75, 3.05) is 23.7 Å². The SMILES string of the molecule is CCCCNC(=O)[C@@H](C)N(Cc1ccccc1)C(=O)CN(c1cc(C)cc(C)c1)S(C)(=O)=O. The Morgan fingerprint density at radius 2 is 1.64 bits per heavy atom. The van der Waals surface area contributed by atoms with Gasteiger partial charge >= 0.3 is 0 Å². The third-order valence-electron chi connectivity index (χ3n) is 5.37. The molecule has 0 unspecified atom stereocenters. The first-order valence-electron chi connectivity index (χ1n) is 11.2. The highest BCUT2D eigenvalue weighted by atomic mass is 32.2. The fourth-order valence-corrected chi connectivity index (χ4v) is 4.44. The molecule has 2 aromatic rings. The van der Waals surface area contributed by atoms with E-state index >= 15 is 0 Å². The lowest BCUT2D eigenvalue weighted by atomic mass is 10.1. The molecule has 8 heteroatoms. The van der Waals surface area contributed by atoms with E-state index in [4.69, 9.17) is 0 Å². The summed E-state index contributed by atoms with van der Waals surface area (Å²) in [6.45, 7) is 7.81. The van der Waals surface area contributed by atoms with E-state index in [0.29, 0.717) is 12.2 Å². The molecule has 180 valence electrons. The molecule has 33 heavy (non-hydrogen) atoms. The third-order valence-corrected chi connectivity index (χ3v) is 6.51. The van der Waals surface area contributed by atoms with Gasteiger partial charge in [-0.05, 0) is 56.0 Å². The monoisotopic (exact) mass is 473 g/mol. The summed E-state index contributed by atoms with van der Waals surface area (Å²) >= 11 is 0. The minimum absolute atomic E-state index is 0.201. The molecule has 0 saturated carbocycles. The summed E-state index contributed by atoms with van der Waals surface area (Å²) in [5, 5.41) is 2.87. The molecule has 7 nitrogen and oxygen atoms in total. The molecular weight excluding hydrogens is 438 g/mol. The number of carbonyl (C=O) groups excluding carboxylic acids is 2. The Balaban J connectivity index is 2.35. The van der Waals surface area contributed by atoms with E-state index in [2.05, 4.69) is 5.32 Å². The van der Waals surface area contributed by atoms with Gasteiger partial charge < -0.3 is 10.2 Å². The number of hydrogen-bond acceptors (Lipinski definition) is 4. The zero-order valence-corrected chi connectivity index (χ0v) is 21.0. The van der Waals surface area contributed by atoms with Gasteiger partial charge in [0.05, 0.1) is 11.9 Å². The minimum atomic E-state index is -3.73. The Labute approximate surface area is 197 Å². The fraction of sp³-hybridized carbons (Fsp3) is 0.440. The zero-order valence-electron chi connectivity index (χ0n) is 20.2. The molecule has 0 aliphatic heterocycles. The molecule has 2 aromatic carbocycles. The van der Waals surface area contributed by atoms with Gasteiger partial charge in [0.1, 0.15) is 12.6 Å². The minimum Gasteiger partial charge on any atom is -0.354 e. The molecule has 1 N–H and O–H groups in total. The number of nitrogens with one attached hydrogen (secondary N) is 1. The van der Waals surface area contributed by atoms with Crippen LogP contribution in [0.25, 0.3) is 0 Å². The second kappa shape index (κ2) is 11.8. The summed E-state index contributed by atoms with van der Waals surface area (Å²) in [7, 11) is -3.73. The molecule has 1 atom stereocenters. The van der Waals surface area contributed by atoms with E-state index < -0.39 is 22.0 Å². The van der Waals surface area contributed by atoms with Crippen LogP contribution in [0, 0.1) is 13.8 Å². The van der Waals surface area contributed by atoms with Gasteiger partial charge in [-0.25, -0.2) is 8.42 Å². The number of sulfonamides is 1. The van der Waals surface area contributed by atoms with Gasteiger partial charge in [0.2, 0.25) is 21.8 Å². The highest BCUT2D eigenvalue weighted by Gasteiger charge is 2.30. The first kappa shape index (κ1) is 26.4.